The normalized spacial score (nSPS) is 38.1. The molecular formula is C49H69ClFN3O7. The van der Waals surface area contributed by atoms with Crippen LogP contribution in [0, 0.1) is 68.0 Å². The van der Waals surface area contributed by atoms with E-state index in [1.165, 1.54) is 12.1 Å². The largest absolute Gasteiger partial charge is 0.481 e. The van der Waals surface area contributed by atoms with Gasteiger partial charge in [0.05, 0.1) is 18.4 Å². The Hall–Kier alpha value is -3.31. The lowest BCUT2D eigenvalue weighted by atomic mass is 9.33. The monoisotopic (exact) mass is 865 g/mol. The first-order valence-electron chi connectivity index (χ1n) is 22.7. The van der Waals surface area contributed by atoms with E-state index in [-0.39, 0.29) is 64.2 Å². The average Bonchev–Trinajstić information content (AvgIpc) is 3.46. The summed E-state index contributed by atoms with van der Waals surface area (Å²) < 4.78 is 22.7. The molecule has 0 radical (unpaired) electrons. The summed E-state index contributed by atoms with van der Waals surface area (Å²) in [6.45, 7) is 18.7. The number of hydrogen-bond acceptors (Lipinski definition) is 7. The van der Waals surface area contributed by atoms with Crippen molar-refractivity contribution in [3.05, 3.63) is 46.0 Å². The predicted molar refractivity (Wildman–Crippen MR) is 232 cm³/mol. The van der Waals surface area contributed by atoms with E-state index >= 15 is 4.39 Å². The standard InChI is InChI=1S/C49H69ClFN3O7/c1-27(2)38-33(55)23-48(24-37(56)54-49(51,25-52)26-53-40(57)28-10-12-29(50)13-11-28)21-20-46(8)30(39(38)48)14-15-35-45(7)18-17-36(44(5,6)34(45)16-19-47(35,46)9)61-42(60)32-22-31(41(58)59)43(32,3)4/h10-13,27,30-32,34-36H,14-26,52H2,1-9H3,(H,53,57)(H,54,56)(H,58,59)/t30-,31+,32-,34+,35-,36+,45+,46-,47-,48+,49?/m1/s1. The molecule has 1 aromatic carbocycles. The maximum Gasteiger partial charge on any atom is 0.309 e. The maximum atomic E-state index is 16.3. The molecule has 0 aliphatic heterocycles. The molecule has 10 nitrogen and oxygen atoms in total. The van der Waals surface area contributed by atoms with E-state index in [1.54, 1.807) is 12.1 Å². The van der Waals surface area contributed by atoms with Crippen LogP contribution in [0.25, 0.3) is 0 Å². The molecule has 7 rings (SSSR count). The van der Waals surface area contributed by atoms with Crippen molar-refractivity contribution in [2.24, 2.45) is 73.7 Å². The Kier molecular flexibility index (Phi) is 11.6. The van der Waals surface area contributed by atoms with Gasteiger partial charge in [-0.1, -0.05) is 79.5 Å². The number of Topliss-reactive ketones (excluding diaryl/α,β-unsaturated/α-hetero) is 1. The summed E-state index contributed by atoms with van der Waals surface area (Å²) in [5.41, 5.74) is 6.28. The number of nitrogens with one attached hydrogen (secondary N) is 2. The molecule has 1 aromatic rings. The molecule has 0 heterocycles. The Labute approximate surface area is 366 Å². The lowest BCUT2D eigenvalue weighted by molar-refractivity contribution is -0.236. The Morgan fingerprint density at radius 1 is 0.902 bits per heavy atom. The lowest BCUT2D eigenvalue weighted by Gasteiger charge is -2.72. The number of hydrogen-bond donors (Lipinski definition) is 4. The van der Waals surface area contributed by atoms with Gasteiger partial charge in [-0.05, 0) is 133 Å². The van der Waals surface area contributed by atoms with Gasteiger partial charge in [0.1, 0.15) is 6.10 Å². The number of aliphatic carboxylic acids is 1. The van der Waals surface area contributed by atoms with Gasteiger partial charge < -0.3 is 26.2 Å². The van der Waals surface area contributed by atoms with Crippen LogP contribution < -0.4 is 16.4 Å². The van der Waals surface area contributed by atoms with Crippen LogP contribution in [0.2, 0.25) is 5.02 Å². The summed E-state index contributed by atoms with van der Waals surface area (Å²) in [7, 11) is 0. The number of rotatable bonds is 11. The number of allylic oxidation sites excluding steroid dienone is 2. The summed E-state index contributed by atoms with van der Waals surface area (Å²) in [5.74, 6) is -4.67. The number of alkyl halides is 1. The van der Waals surface area contributed by atoms with Crippen molar-refractivity contribution < 1.29 is 38.2 Å². The molecule has 0 saturated heterocycles. The molecule has 0 spiro atoms. The number of fused-ring (bicyclic) bond motifs is 7. The first-order chi connectivity index (χ1) is 28.3. The number of carboxylic acids is 1. The fourth-order valence-corrected chi connectivity index (χ4v) is 14.9. The number of carboxylic acid groups (broad SMARTS) is 1. The molecule has 5 N–H and O–H groups in total. The molecular weight excluding hydrogens is 797 g/mol. The molecule has 2 amide bonds. The molecule has 11 atom stereocenters. The second kappa shape index (κ2) is 15.4. The minimum absolute atomic E-state index is 0.0115. The zero-order valence-corrected chi connectivity index (χ0v) is 38.5. The van der Waals surface area contributed by atoms with E-state index in [2.05, 4.69) is 59.1 Å². The van der Waals surface area contributed by atoms with Gasteiger partial charge in [-0.25, -0.2) is 4.39 Å². The molecule has 6 aliphatic rings. The fourth-order valence-electron chi connectivity index (χ4n) is 14.8. The molecule has 6 aliphatic carbocycles. The van der Waals surface area contributed by atoms with E-state index < -0.39 is 59.3 Å². The fraction of sp³-hybridized carbons (Fsp3) is 0.735. The summed E-state index contributed by atoms with van der Waals surface area (Å²) in [4.78, 5) is 66.5. The SMILES string of the molecule is CC(C)C1=C2[C@H]3CC[C@@H]4[C@@]5(C)CC[C@H](OC(=O)[C@H]6C[C@@H](C(=O)O)C6(C)C)C(C)(C)[C@@H]5CC[C@@]4(C)[C@]3(C)CC[C@@]2(CC(=O)NC(F)(CN)CNC(=O)c2ccc(Cl)cc2)CC1=O. The van der Waals surface area contributed by atoms with E-state index in [0.29, 0.717) is 35.3 Å². The minimum atomic E-state index is -2.39. The van der Waals surface area contributed by atoms with Crippen molar-refractivity contribution in [2.45, 2.75) is 145 Å². The number of benzene rings is 1. The third-order valence-corrected chi connectivity index (χ3v) is 18.7. The number of esters is 1. The van der Waals surface area contributed by atoms with Crippen molar-refractivity contribution in [3.8, 4) is 0 Å². The first kappa shape index (κ1) is 45.7. The van der Waals surface area contributed by atoms with Crippen LogP contribution in [0.1, 0.15) is 143 Å². The molecule has 0 bridgehead atoms. The highest BCUT2D eigenvalue weighted by Gasteiger charge is 2.70. The Morgan fingerprint density at radius 3 is 2.18 bits per heavy atom. The molecule has 12 heteroatoms. The number of carbonyl (C=O) groups is 5. The van der Waals surface area contributed by atoms with Crippen LogP contribution in [0.5, 0.6) is 0 Å². The van der Waals surface area contributed by atoms with Gasteiger partial charge in [0, 0.05) is 40.8 Å². The molecule has 336 valence electrons. The summed E-state index contributed by atoms with van der Waals surface area (Å²) in [5, 5.41) is 15.2. The van der Waals surface area contributed by atoms with Crippen LogP contribution in [0.4, 0.5) is 4.39 Å². The Balaban J connectivity index is 1.10. The zero-order valence-electron chi connectivity index (χ0n) is 37.8. The third kappa shape index (κ3) is 7.18. The van der Waals surface area contributed by atoms with Gasteiger partial charge in [0.2, 0.25) is 11.7 Å². The van der Waals surface area contributed by atoms with Crippen molar-refractivity contribution in [1.82, 2.24) is 10.6 Å². The quantitative estimate of drug-likeness (QED) is 0.127. The highest BCUT2D eigenvalue weighted by molar-refractivity contribution is 6.30. The number of amides is 2. The second-order valence-electron chi connectivity index (χ2n) is 22.3. The van der Waals surface area contributed by atoms with Crippen LogP contribution in [-0.2, 0) is 23.9 Å². The van der Waals surface area contributed by atoms with Gasteiger partial charge in [-0.3, -0.25) is 24.0 Å². The van der Waals surface area contributed by atoms with E-state index in [0.717, 1.165) is 56.1 Å². The predicted octanol–water partition coefficient (Wildman–Crippen LogP) is 8.84. The number of ether oxygens (including phenoxy) is 1. The number of nitrogens with two attached hydrogens (primary N) is 1. The van der Waals surface area contributed by atoms with Crippen molar-refractivity contribution in [2.75, 3.05) is 13.1 Å². The number of ketones is 1. The van der Waals surface area contributed by atoms with Crippen LogP contribution >= 0.6 is 11.6 Å². The van der Waals surface area contributed by atoms with Gasteiger partial charge in [-0.2, -0.15) is 0 Å². The smallest absolute Gasteiger partial charge is 0.309 e. The summed E-state index contributed by atoms with van der Waals surface area (Å²) >= 11 is 5.96. The topological polar surface area (TPSA) is 165 Å². The Bertz CT molecular complexity index is 2020. The minimum Gasteiger partial charge on any atom is -0.481 e. The summed E-state index contributed by atoms with van der Waals surface area (Å²) in [6, 6.07) is 6.21. The number of carbonyl (C=O) groups excluding carboxylic acids is 4. The van der Waals surface area contributed by atoms with Crippen LogP contribution in [0.15, 0.2) is 35.4 Å². The molecule has 5 fully saturated rings. The maximum absolute atomic E-state index is 16.3. The molecule has 1 unspecified atom stereocenters. The zero-order chi connectivity index (χ0) is 44.9. The van der Waals surface area contributed by atoms with Gasteiger partial charge in [0.25, 0.3) is 5.91 Å². The molecule has 5 saturated carbocycles. The van der Waals surface area contributed by atoms with Gasteiger partial charge in [-0.15, -0.1) is 0 Å². The second-order valence-corrected chi connectivity index (χ2v) is 22.8. The lowest BCUT2D eigenvalue weighted by Crippen LogP contribution is -2.66. The van der Waals surface area contributed by atoms with Gasteiger partial charge >= 0.3 is 11.9 Å². The van der Waals surface area contributed by atoms with Crippen LogP contribution in [0.3, 0.4) is 0 Å². The van der Waals surface area contributed by atoms with E-state index in [1.807, 2.05) is 13.8 Å². The van der Waals surface area contributed by atoms with Crippen LogP contribution in [-0.4, -0.2) is 59.6 Å². The average molecular weight is 867 g/mol. The Morgan fingerprint density at radius 2 is 1.57 bits per heavy atom. The van der Waals surface area contributed by atoms with Crippen molar-refractivity contribution in [3.63, 3.8) is 0 Å². The van der Waals surface area contributed by atoms with Crippen molar-refractivity contribution in [1.29, 1.82) is 0 Å². The molecule has 0 aromatic heterocycles. The van der Waals surface area contributed by atoms with E-state index in [9.17, 15) is 29.1 Å². The number of halogens is 2. The highest BCUT2D eigenvalue weighted by atomic mass is 35.5. The first-order valence-corrected chi connectivity index (χ1v) is 23.1. The summed E-state index contributed by atoms with van der Waals surface area (Å²) in [6.07, 6.45) is 7.30. The van der Waals surface area contributed by atoms with E-state index in [4.69, 9.17) is 22.1 Å². The van der Waals surface area contributed by atoms with Crippen molar-refractivity contribution >= 4 is 41.1 Å². The highest BCUT2D eigenvalue weighted by Crippen LogP contribution is 2.77. The van der Waals surface area contributed by atoms with Gasteiger partial charge in [0.15, 0.2) is 5.78 Å². The third-order valence-electron chi connectivity index (χ3n) is 18.4. The molecule has 61 heavy (non-hydrogen) atoms.